The maximum absolute atomic E-state index is 12.3. The fraction of sp³-hybridized carbons (Fsp3) is 0.382. The lowest BCUT2D eigenvalue weighted by molar-refractivity contribution is 0.0691. The summed E-state index contributed by atoms with van der Waals surface area (Å²) in [6, 6.07) is 22.4. The second-order valence-corrected chi connectivity index (χ2v) is 12.1. The smallest absolute Gasteiger partial charge is 0.339 e. The molecule has 3 aromatic carbocycles. The zero-order chi connectivity index (χ0) is 28.0. The van der Waals surface area contributed by atoms with Crippen molar-refractivity contribution in [3.63, 3.8) is 0 Å². The number of carboxylic acid groups (broad SMARTS) is 1. The first-order chi connectivity index (χ1) is 20.1. The second kappa shape index (κ2) is 13.1. The van der Waals surface area contributed by atoms with Crippen molar-refractivity contribution >= 4 is 27.4 Å². The highest BCUT2D eigenvalue weighted by Gasteiger charge is 2.19. The van der Waals surface area contributed by atoms with Crippen LogP contribution in [0.4, 0.5) is 0 Å². The monoisotopic (exact) mass is 570 g/mol. The highest BCUT2D eigenvalue weighted by Crippen LogP contribution is 2.41. The highest BCUT2D eigenvalue weighted by molar-refractivity contribution is 7.22. The molecule has 1 N–H and O–H groups in total. The van der Waals surface area contributed by atoms with Gasteiger partial charge in [0.05, 0.1) is 0 Å². The summed E-state index contributed by atoms with van der Waals surface area (Å²) in [5, 5.41) is 11.2. The number of carboxylic acids is 1. The van der Waals surface area contributed by atoms with Gasteiger partial charge in [0.25, 0.3) is 0 Å². The predicted octanol–water partition coefficient (Wildman–Crippen LogP) is 6.81. The number of thiophene rings is 1. The highest BCUT2D eigenvalue weighted by atomic mass is 32.1. The molecule has 3 heterocycles. The maximum Gasteiger partial charge on any atom is 0.339 e. The first-order valence-corrected chi connectivity index (χ1v) is 15.6. The van der Waals surface area contributed by atoms with Crippen molar-refractivity contribution < 1.29 is 19.4 Å². The largest absolute Gasteiger partial charge is 0.492 e. The van der Waals surface area contributed by atoms with Crippen LogP contribution in [-0.4, -0.2) is 73.4 Å². The maximum atomic E-state index is 12.3. The molecule has 0 saturated carbocycles. The molecule has 6 nitrogen and oxygen atoms in total. The van der Waals surface area contributed by atoms with E-state index >= 15 is 0 Å². The van der Waals surface area contributed by atoms with E-state index in [1.54, 1.807) is 17.4 Å². The van der Waals surface area contributed by atoms with Crippen molar-refractivity contribution in [3.8, 4) is 21.9 Å². The lowest BCUT2D eigenvalue weighted by Crippen LogP contribution is -2.25. The van der Waals surface area contributed by atoms with Crippen LogP contribution in [0.2, 0.25) is 0 Å². The third kappa shape index (κ3) is 6.75. The van der Waals surface area contributed by atoms with Gasteiger partial charge in [-0.15, -0.1) is 11.3 Å². The molecule has 41 heavy (non-hydrogen) atoms. The Bertz CT molecular complexity index is 1470. The van der Waals surface area contributed by atoms with Gasteiger partial charge >= 0.3 is 5.97 Å². The summed E-state index contributed by atoms with van der Waals surface area (Å²) in [5.41, 5.74) is 3.53. The van der Waals surface area contributed by atoms with Crippen LogP contribution in [0.1, 0.15) is 47.2 Å². The Labute approximate surface area is 246 Å². The number of rotatable bonds is 12. The van der Waals surface area contributed by atoms with Gasteiger partial charge in [0.15, 0.2) is 0 Å². The minimum atomic E-state index is -0.967. The standard InChI is InChI=1S/C34H38N2O4S/c37-34(38)30-24-26(11-14-31(30)40-22-20-36-17-5-6-18-36)33-29(28-7-1-2-8-32(28)41-33)23-25-9-12-27(13-10-25)39-21-19-35-15-3-4-16-35/h1-2,7-14,24H,3-6,15-23H2,(H,37,38). The molecule has 0 radical (unpaired) electrons. The molecule has 0 spiro atoms. The molecule has 2 saturated heterocycles. The molecular formula is C34H38N2O4S. The summed E-state index contributed by atoms with van der Waals surface area (Å²) in [5.74, 6) is 0.365. The van der Waals surface area contributed by atoms with Gasteiger partial charge in [0, 0.05) is 22.7 Å². The van der Waals surface area contributed by atoms with Gasteiger partial charge in [-0.05, 0) is 117 Å². The minimum absolute atomic E-state index is 0.211. The number of fused-ring (bicyclic) bond motifs is 1. The first kappa shape index (κ1) is 27.8. The van der Waals surface area contributed by atoms with E-state index in [-0.39, 0.29) is 5.56 Å². The molecular weight excluding hydrogens is 532 g/mol. The molecule has 214 valence electrons. The van der Waals surface area contributed by atoms with Gasteiger partial charge in [-0.1, -0.05) is 30.3 Å². The average molecular weight is 571 g/mol. The molecule has 0 atom stereocenters. The van der Waals surface area contributed by atoms with Crippen LogP contribution < -0.4 is 9.47 Å². The van der Waals surface area contributed by atoms with E-state index < -0.39 is 5.97 Å². The Kier molecular flexibility index (Phi) is 8.85. The topological polar surface area (TPSA) is 62.2 Å². The van der Waals surface area contributed by atoms with Crippen LogP contribution in [0.25, 0.3) is 20.5 Å². The van der Waals surface area contributed by atoms with Crippen LogP contribution in [0.5, 0.6) is 11.5 Å². The summed E-state index contributed by atoms with van der Waals surface area (Å²) in [6.07, 6.45) is 5.79. The molecule has 7 heteroatoms. The van der Waals surface area contributed by atoms with Crippen molar-refractivity contribution in [1.29, 1.82) is 0 Å². The van der Waals surface area contributed by atoms with E-state index in [1.165, 1.54) is 60.0 Å². The Balaban J connectivity index is 1.20. The van der Waals surface area contributed by atoms with Crippen molar-refractivity contribution in [2.75, 3.05) is 52.5 Å². The molecule has 0 aliphatic carbocycles. The number of carbonyl (C=O) groups is 1. The molecule has 2 fully saturated rings. The van der Waals surface area contributed by atoms with Gasteiger partial charge in [-0.2, -0.15) is 0 Å². The third-order valence-corrected chi connectivity index (χ3v) is 9.48. The van der Waals surface area contributed by atoms with Gasteiger partial charge in [-0.3, -0.25) is 9.80 Å². The number of ether oxygens (including phenoxy) is 2. The normalized spacial score (nSPS) is 16.0. The van der Waals surface area contributed by atoms with E-state index in [0.717, 1.165) is 48.8 Å². The molecule has 4 aromatic rings. The van der Waals surface area contributed by atoms with Crippen molar-refractivity contribution in [3.05, 3.63) is 83.4 Å². The number of hydrogen-bond donors (Lipinski definition) is 1. The van der Waals surface area contributed by atoms with Crippen LogP contribution in [0.3, 0.4) is 0 Å². The SMILES string of the molecule is O=C(O)c1cc(-c2sc3ccccc3c2Cc2ccc(OCCN3CCCC3)cc2)ccc1OCCN1CCCC1. The molecule has 1 aromatic heterocycles. The summed E-state index contributed by atoms with van der Waals surface area (Å²) in [7, 11) is 0. The number of benzene rings is 3. The van der Waals surface area contributed by atoms with E-state index in [0.29, 0.717) is 19.0 Å². The quantitative estimate of drug-likeness (QED) is 0.202. The van der Waals surface area contributed by atoms with E-state index in [1.807, 2.05) is 12.1 Å². The van der Waals surface area contributed by atoms with Gasteiger partial charge < -0.3 is 14.6 Å². The average Bonchev–Trinajstić information content (AvgIpc) is 3.77. The fourth-order valence-electron chi connectivity index (χ4n) is 5.97. The lowest BCUT2D eigenvalue weighted by atomic mass is 9.98. The van der Waals surface area contributed by atoms with Crippen LogP contribution >= 0.6 is 11.3 Å². The van der Waals surface area contributed by atoms with Crippen LogP contribution in [-0.2, 0) is 6.42 Å². The van der Waals surface area contributed by atoms with Gasteiger partial charge in [-0.25, -0.2) is 4.79 Å². The Morgan fingerprint density at radius 2 is 1.46 bits per heavy atom. The first-order valence-electron chi connectivity index (χ1n) is 14.8. The van der Waals surface area contributed by atoms with E-state index in [9.17, 15) is 9.90 Å². The zero-order valence-corrected chi connectivity index (χ0v) is 24.3. The molecule has 0 bridgehead atoms. The van der Waals surface area contributed by atoms with Crippen LogP contribution in [0.15, 0.2) is 66.7 Å². The summed E-state index contributed by atoms with van der Waals surface area (Å²) in [6.45, 7) is 7.56. The number of nitrogens with zero attached hydrogens (tertiary/aromatic N) is 2. The molecule has 2 aliphatic heterocycles. The van der Waals surface area contributed by atoms with E-state index in [2.05, 4.69) is 58.3 Å². The van der Waals surface area contributed by atoms with Crippen molar-refractivity contribution in [2.24, 2.45) is 0 Å². The Morgan fingerprint density at radius 1 is 0.805 bits per heavy atom. The molecule has 0 unspecified atom stereocenters. The lowest BCUT2D eigenvalue weighted by Gasteiger charge is -2.16. The molecule has 2 aliphatic rings. The third-order valence-electron chi connectivity index (χ3n) is 8.21. The number of likely N-dealkylation sites (tertiary alicyclic amines) is 2. The summed E-state index contributed by atoms with van der Waals surface area (Å²) in [4.78, 5) is 18.2. The molecule has 6 rings (SSSR count). The second-order valence-electron chi connectivity index (χ2n) is 11.0. The number of hydrogen-bond acceptors (Lipinski definition) is 6. The van der Waals surface area contributed by atoms with Gasteiger partial charge in [0.1, 0.15) is 30.3 Å². The predicted molar refractivity (Wildman–Crippen MR) is 166 cm³/mol. The van der Waals surface area contributed by atoms with Crippen molar-refractivity contribution in [1.82, 2.24) is 9.80 Å². The van der Waals surface area contributed by atoms with Crippen molar-refractivity contribution in [2.45, 2.75) is 32.1 Å². The number of aromatic carboxylic acids is 1. The Hall–Kier alpha value is -3.39. The van der Waals surface area contributed by atoms with Crippen LogP contribution in [0, 0.1) is 0 Å². The van der Waals surface area contributed by atoms with E-state index in [4.69, 9.17) is 9.47 Å². The summed E-state index contributed by atoms with van der Waals surface area (Å²) >= 11 is 1.71. The minimum Gasteiger partial charge on any atom is -0.492 e. The fourth-order valence-corrected chi connectivity index (χ4v) is 7.19. The zero-order valence-electron chi connectivity index (χ0n) is 23.5. The summed E-state index contributed by atoms with van der Waals surface area (Å²) < 4.78 is 13.2. The Morgan fingerprint density at radius 3 is 2.15 bits per heavy atom. The van der Waals surface area contributed by atoms with Gasteiger partial charge in [0.2, 0.25) is 0 Å². The molecule has 0 amide bonds.